The predicted molar refractivity (Wildman–Crippen MR) is 172 cm³/mol. The third kappa shape index (κ3) is 6.90. The summed E-state index contributed by atoms with van der Waals surface area (Å²) in [5.74, 6) is 0.434. The molecule has 4 rings (SSSR count). The average Bonchev–Trinajstić information content (AvgIpc) is 3.24. The molecule has 234 valence electrons. The molecule has 1 aliphatic heterocycles. The van der Waals surface area contributed by atoms with Crippen LogP contribution in [0, 0.1) is 11.3 Å². The first-order valence-electron chi connectivity index (χ1n) is 15.2. The van der Waals surface area contributed by atoms with E-state index in [0.717, 1.165) is 36.8 Å². The molecule has 0 aliphatic carbocycles. The fraction of sp³-hybridized carbons (Fsp3) is 0.417. The molecule has 0 radical (unpaired) electrons. The first-order valence-corrected chi connectivity index (χ1v) is 15.2. The van der Waals surface area contributed by atoms with Crippen molar-refractivity contribution in [3.8, 4) is 17.2 Å². The molecular formula is C36H44N2O6. The zero-order valence-electron chi connectivity index (χ0n) is 26.9. The summed E-state index contributed by atoms with van der Waals surface area (Å²) in [4.78, 5) is 41.4. The van der Waals surface area contributed by atoms with Crippen LogP contribution in [0.15, 0.2) is 60.7 Å². The van der Waals surface area contributed by atoms with E-state index in [4.69, 9.17) is 14.2 Å². The molecule has 0 spiro atoms. The molecule has 0 saturated carbocycles. The van der Waals surface area contributed by atoms with Crippen molar-refractivity contribution < 1.29 is 28.6 Å². The van der Waals surface area contributed by atoms with Crippen molar-refractivity contribution in [2.75, 3.05) is 26.6 Å². The lowest BCUT2D eigenvalue weighted by molar-refractivity contribution is -0.124. The van der Waals surface area contributed by atoms with Gasteiger partial charge in [0, 0.05) is 29.3 Å². The summed E-state index contributed by atoms with van der Waals surface area (Å²) in [6, 6.07) is 17.8. The molecule has 44 heavy (non-hydrogen) atoms. The molecule has 8 nitrogen and oxygen atoms in total. The Morgan fingerprint density at radius 3 is 1.98 bits per heavy atom. The van der Waals surface area contributed by atoms with E-state index in [-0.39, 0.29) is 30.2 Å². The Morgan fingerprint density at radius 1 is 0.841 bits per heavy atom. The van der Waals surface area contributed by atoms with E-state index < -0.39 is 11.3 Å². The molecule has 0 bridgehead atoms. The molecular weight excluding hydrogens is 556 g/mol. The minimum atomic E-state index is -0.449. The Kier molecular flexibility index (Phi) is 10.3. The maximum atomic E-state index is 14.3. The summed E-state index contributed by atoms with van der Waals surface area (Å²) in [5, 5.41) is 3.16. The number of nitrogens with one attached hydrogen (secondary N) is 1. The Morgan fingerprint density at radius 2 is 1.45 bits per heavy atom. The van der Waals surface area contributed by atoms with E-state index in [0.29, 0.717) is 34.1 Å². The van der Waals surface area contributed by atoms with Crippen molar-refractivity contribution in [2.24, 2.45) is 11.3 Å². The zero-order chi connectivity index (χ0) is 32.0. The highest BCUT2D eigenvalue weighted by molar-refractivity contribution is 6.21. The van der Waals surface area contributed by atoms with E-state index >= 15 is 0 Å². The van der Waals surface area contributed by atoms with Crippen molar-refractivity contribution >= 4 is 23.4 Å². The number of anilines is 1. The lowest BCUT2D eigenvalue weighted by Gasteiger charge is -2.37. The van der Waals surface area contributed by atoms with Crippen molar-refractivity contribution in [1.29, 1.82) is 0 Å². The molecule has 1 heterocycles. The van der Waals surface area contributed by atoms with Gasteiger partial charge in [-0.15, -0.1) is 0 Å². The van der Waals surface area contributed by atoms with Gasteiger partial charge in [-0.05, 0) is 41.7 Å². The van der Waals surface area contributed by atoms with Crippen LogP contribution in [0.25, 0.3) is 0 Å². The number of nitrogens with zero attached hydrogens (tertiary/aromatic N) is 1. The fourth-order valence-corrected chi connectivity index (χ4v) is 6.20. The minimum absolute atomic E-state index is 0.110. The van der Waals surface area contributed by atoms with Crippen molar-refractivity contribution in [1.82, 2.24) is 4.90 Å². The maximum absolute atomic E-state index is 14.3. The molecule has 3 aromatic carbocycles. The smallest absolute Gasteiger partial charge is 0.261 e. The van der Waals surface area contributed by atoms with Gasteiger partial charge in [-0.3, -0.25) is 19.3 Å². The summed E-state index contributed by atoms with van der Waals surface area (Å²) < 4.78 is 17.2. The first kappa shape index (κ1) is 32.6. The Balaban J connectivity index is 1.66. The maximum Gasteiger partial charge on any atom is 0.261 e. The number of carbonyl (C=O) groups is 3. The highest BCUT2D eigenvalue weighted by Crippen LogP contribution is 2.49. The van der Waals surface area contributed by atoms with Crippen LogP contribution in [0.2, 0.25) is 0 Å². The summed E-state index contributed by atoms with van der Waals surface area (Å²) in [6.45, 7) is 8.49. The lowest BCUT2D eigenvalue weighted by Crippen LogP contribution is -2.38. The number of hydrogen-bond acceptors (Lipinski definition) is 6. The number of benzene rings is 3. The standard InChI is InChI=1S/C36H44N2O6/c1-8-9-10-18-28(31-29(43-6)20-25(42-5)21-30(31)44-7)32(36(2,3)4)33(39)37-24-15-13-14-23(19-24)22-38-34(40)26-16-11-12-17-27(26)35(38)41/h11-17,19-21,28,32H,8-10,18,22H2,1-7H3,(H,37,39). The van der Waals surface area contributed by atoms with Gasteiger partial charge in [-0.25, -0.2) is 0 Å². The van der Waals surface area contributed by atoms with Gasteiger partial charge < -0.3 is 19.5 Å². The van der Waals surface area contributed by atoms with E-state index in [1.165, 1.54) is 4.90 Å². The summed E-state index contributed by atoms with van der Waals surface area (Å²) in [5.41, 5.74) is 2.58. The van der Waals surface area contributed by atoms with Gasteiger partial charge in [0.15, 0.2) is 0 Å². The quantitative estimate of drug-likeness (QED) is 0.162. The van der Waals surface area contributed by atoms with Gasteiger partial charge in [0.05, 0.1) is 44.9 Å². The third-order valence-electron chi connectivity index (χ3n) is 8.27. The third-order valence-corrected chi connectivity index (χ3v) is 8.27. The monoisotopic (exact) mass is 600 g/mol. The molecule has 2 unspecified atom stereocenters. The van der Waals surface area contributed by atoms with Crippen LogP contribution in [0.5, 0.6) is 17.2 Å². The molecule has 1 aliphatic rings. The molecule has 0 fully saturated rings. The second kappa shape index (κ2) is 14.0. The molecule has 8 heteroatoms. The molecule has 3 amide bonds. The normalized spacial score (nSPS) is 14.2. The highest BCUT2D eigenvalue weighted by Gasteiger charge is 2.41. The van der Waals surface area contributed by atoms with Gasteiger partial charge in [-0.1, -0.05) is 71.2 Å². The zero-order valence-corrected chi connectivity index (χ0v) is 26.9. The van der Waals surface area contributed by atoms with Crippen LogP contribution in [-0.4, -0.2) is 44.0 Å². The molecule has 2 atom stereocenters. The Labute approximate surface area is 260 Å². The van der Waals surface area contributed by atoms with Crippen LogP contribution in [0.3, 0.4) is 0 Å². The number of fused-ring (bicyclic) bond motifs is 1. The Bertz CT molecular complexity index is 1450. The SMILES string of the molecule is CCCCCC(c1c(OC)cc(OC)cc1OC)C(C(=O)Nc1cccc(CN2C(=O)c3ccccc3C2=O)c1)C(C)(C)C. The van der Waals surface area contributed by atoms with Gasteiger partial charge in [-0.2, -0.15) is 0 Å². The molecule has 0 aromatic heterocycles. The topological polar surface area (TPSA) is 94.2 Å². The van der Waals surface area contributed by atoms with Crippen molar-refractivity contribution in [3.05, 3.63) is 82.9 Å². The fourth-order valence-electron chi connectivity index (χ4n) is 6.20. The number of unbranched alkanes of at least 4 members (excludes halogenated alkanes) is 2. The molecule has 3 aromatic rings. The highest BCUT2D eigenvalue weighted by atomic mass is 16.5. The van der Waals surface area contributed by atoms with Crippen LogP contribution >= 0.6 is 0 Å². The van der Waals surface area contributed by atoms with Crippen LogP contribution in [0.1, 0.15) is 91.1 Å². The Hall–Kier alpha value is -4.33. The first-order chi connectivity index (χ1) is 21.0. The van der Waals surface area contributed by atoms with E-state index in [1.54, 1.807) is 45.6 Å². The van der Waals surface area contributed by atoms with E-state index in [9.17, 15) is 14.4 Å². The number of amides is 3. The van der Waals surface area contributed by atoms with Crippen LogP contribution in [-0.2, 0) is 11.3 Å². The average molecular weight is 601 g/mol. The number of methoxy groups -OCH3 is 3. The van der Waals surface area contributed by atoms with Crippen LogP contribution < -0.4 is 19.5 Å². The minimum Gasteiger partial charge on any atom is -0.496 e. The summed E-state index contributed by atoms with van der Waals surface area (Å²) in [7, 11) is 4.83. The number of rotatable bonds is 13. The molecule has 1 N–H and O–H groups in total. The number of hydrogen-bond donors (Lipinski definition) is 1. The predicted octanol–water partition coefficient (Wildman–Crippen LogP) is 7.47. The summed E-state index contributed by atoms with van der Waals surface area (Å²) >= 11 is 0. The van der Waals surface area contributed by atoms with Gasteiger partial charge in [0.25, 0.3) is 11.8 Å². The van der Waals surface area contributed by atoms with Crippen molar-refractivity contribution in [2.45, 2.75) is 65.8 Å². The van der Waals surface area contributed by atoms with Crippen molar-refractivity contribution in [3.63, 3.8) is 0 Å². The largest absolute Gasteiger partial charge is 0.496 e. The second-order valence-electron chi connectivity index (χ2n) is 12.3. The second-order valence-corrected chi connectivity index (χ2v) is 12.3. The number of carbonyl (C=O) groups excluding carboxylic acids is 3. The van der Waals surface area contributed by atoms with Gasteiger partial charge in [0.2, 0.25) is 5.91 Å². The van der Waals surface area contributed by atoms with E-state index in [2.05, 4.69) is 33.0 Å². The van der Waals surface area contributed by atoms with E-state index in [1.807, 2.05) is 36.4 Å². The summed E-state index contributed by atoms with van der Waals surface area (Å²) in [6.07, 6.45) is 3.79. The number of imide groups is 1. The van der Waals surface area contributed by atoms with Crippen LogP contribution in [0.4, 0.5) is 5.69 Å². The van der Waals surface area contributed by atoms with Gasteiger partial charge >= 0.3 is 0 Å². The van der Waals surface area contributed by atoms with Gasteiger partial charge in [0.1, 0.15) is 17.2 Å². The molecule has 0 saturated heterocycles. The lowest BCUT2D eigenvalue weighted by atomic mass is 9.68. The number of ether oxygens (including phenoxy) is 3.